The summed E-state index contributed by atoms with van der Waals surface area (Å²) in [4.78, 5) is 20.8. The summed E-state index contributed by atoms with van der Waals surface area (Å²) in [7, 11) is 7.63. The van der Waals surface area contributed by atoms with Crippen LogP contribution in [0.1, 0.15) is 31.4 Å². The molecule has 1 aliphatic rings. The summed E-state index contributed by atoms with van der Waals surface area (Å²) in [5, 5.41) is 3.50. The minimum Gasteiger partial charge on any atom is -0.497 e. The third-order valence-electron chi connectivity index (χ3n) is 5.20. The first kappa shape index (κ1) is 22.0. The lowest BCUT2D eigenvalue weighted by molar-refractivity contribution is -0.149. The molecule has 0 aromatic heterocycles. The first-order valence-electron chi connectivity index (χ1n) is 9.92. The highest BCUT2D eigenvalue weighted by molar-refractivity contribution is 5.80. The van der Waals surface area contributed by atoms with Crippen LogP contribution in [0, 0.1) is 5.92 Å². The van der Waals surface area contributed by atoms with Gasteiger partial charge in [0, 0.05) is 26.7 Å². The third kappa shape index (κ3) is 5.86. The number of nitrogens with one attached hydrogen (secondary N) is 1. The van der Waals surface area contributed by atoms with E-state index in [4.69, 9.17) is 9.47 Å². The molecule has 7 heteroatoms. The van der Waals surface area contributed by atoms with Crippen molar-refractivity contribution in [3.05, 3.63) is 29.8 Å². The number of nitrogens with zero attached hydrogens (tertiary/aromatic N) is 3. The monoisotopic (exact) mass is 390 g/mol. The smallest absolute Gasteiger partial charge is 0.309 e. The summed E-state index contributed by atoms with van der Waals surface area (Å²) >= 11 is 0. The van der Waals surface area contributed by atoms with E-state index in [2.05, 4.69) is 46.3 Å². The topological polar surface area (TPSA) is 66.4 Å². The first-order valence-corrected chi connectivity index (χ1v) is 9.92. The van der Waals surface area contributed by atoms with E-state index in [1.54, 1.807) is 14.2 Å². The Morgan fingerprint density at radius 3 is 2.43 bits per heavy atom. The Labute approximate surface area is 168 Å². The molecule has 7 nitrogen and oxygen atoms in total. The summed E-state index contributed by atoms with van der Waals surface area (Å²) < 4.78 is 10.4. The number of rotatable bonds is 7. The standard InChI is InChI=1S/C21H34N4O3/c1-6-28-20(26)17-11-13-25(14-12-17)21(22-2)23-15-19(24(3)4)16-7-9-18(27-5)10-8-16/h7-10,17,19H,6,11-15H2,1-5H3,(H,22,23). The Morgan fingerprint density at radius 1 is 1.29 bits per heavy atom. The van der Waals surface area contributed by atoms with Crippen molar-refractivity contribution in [1.29, 1.82) is 0 Å². The number of benzene rings is 1. The fourth-order valence-electron chi connectivity index (χ4n) is 3.53. The van der Waals surface area contributed by atoms with Gasteiger partial charge in [-0.1, -0.05) is 12.1 Å². The molecule has 1 saturated heterocycles. The van der Waals surface area contributed by atoms with E-state index < -0.39 is 0 Å². The molecule has 1 aliphatic heterocycles. The molecule has 0 spiro atoms. The summed E-state index contributed by atoms with van der Waals surface area (Å²) in [6.45, 7) is 4.64. The molecule has 1 N–H and O–H groups in total. The molecule has 1 atom stereocenters. The molecule has 2 rings (SSSR count). The van der Waals surface area contributed by atoms with Gasteiger partial charge >= 0.3 is 5.97 Å². The molecular weight excluding hydrogens is 356 g/mol. The lowest BCUT2D eigenvalue weighted by atomic mass is 9.97. The Balaban J connectivity index is 1.93. The van der Waals surface area contributed by atoms with Gasteiger partial charge in [0.1, 0.15) is 5.75 Å². The van der Waals surface area contributed by atoms with Crippen LogP contribution in [0.25, 0.3) is 0 Å². The van der Waals surface area contributed by atoms with Crippen LogP contribution in [0.3, 0.4) is 0 Å². The fourth-order valence-corrected chi connectivity index (χ4v) is 3.53. The van der Waals surface area contributed by atoms with Crippen LogP contribution in [0.15, 0.2) is 29.3 Å². The van der Waals surface area contributed by atoms with Gasteiger partial charge in [0.25, 0.3) is 0 Å². The molecule has 1 aromatic rings. The number of methoxy groups -OCH3 is 1. The van der Waals surface area contributed by atoms with Gasteiger partial charge < -0.3 is 24.6 Å². The highest BCUT2D eigenvalue weighted by Crippen LogP contribution is 2.22. The predicted octanol–water partition coefficient (Wildman–Crippen LogP) is 2.15. The molecule has 1 unspecified atom stereocenters. The van der Waals surface area contributed by atoms with E-state index in [-0.39, 0.29) is 17.9 Å². The number of carbonyl (C=O) groups excluding carboxylic acids is 1. The van der Waals surface area contributed by atoms with Crippen LogP contribution in [0.2, 0.25) is 0 Å². The van der Waals surface area contributed by atoms with Crippen molar-refractivity contribution in [3.63, 3.8) is 0 Å². The number of carbonyl (C=O) groups is 1. The summed E-state index contributed by atoms with van der Waals surface area (Å²) in [5.74, 6) is 1.66. The summed E-state index contributed by atoms with van der Waals surface area (Å²) in [5.41, 5.74) is 1.22. The molecule has 0 amide bonds. The Bertz CT molecular complexity index is 638. The van der Waals surface area contributed by atoms with E-state index in [9.17, 15) is 4.79 Å². The second-order valence-corrected chi connectivity index (χ2v) is 7.19. The molecule has 0 bridgehead atoms. The van der Waals surface area contributed by atoms with Gasteiger partial charge in [-0.05, 0) is 51.6 Å². The van der Waals surface area contributed by atoms with E-state index in [0.717, 1.165) is 44.2 Å². The van der Waals surface area contributed by atoms with Gasteiger partial charge in [0.2, 0.25) is 0 Å². The minimum absolute atomic E-state index is 0.00290. The van der Waals surface area contributed by atoms with Gasteiger partial charge in [-0.3, -0.25) is 9.79 Å². The maximum atomic E-state index is 11.9. The average molecular weight is 391 g/mol. The molecule has 156 valence electrons. The number of likely N-dealkylation sites (tertiary alicyclic amines) is 1. The number of guanidine groups is 1. The second-order valence-electron chi connectivity index (χ2n) is 7.19. The Kier molecular flexibility index (Phi) is 8.57. The zero-order chi connectivity index (χ0) is 20.5. The number of aliphatic imine (C=N–C) groups is 1. The quantitative estimate of drug-likeness (QED) is 0.437. The van der Waals surface area contributed by atoms with Gasteiger partial charge in [0.15, 0.2) is 5.96 Å². The minimum atomic E-state index is -0.0720. The van der Waals surface area contributed by atoms with Crippen LogP contribution in [0.5, 0.6) is 5.75 Å². The molecule has 28 heavy (non-hydrogen) atoms. The van der Waals surface area contributed by atoms with Gasteiger partial charge in [-0.25, -0.2) is 0 Å². The van der Waals surface area contributed by atoms with Gasteiger partial charge in [-0.15, -0.1) is 0 Å². The fraction of sp³-hybridized carbons (Fsp3) is 0.619. The van der Waals surface area contributed by atoms with Crippen molar-refractivity contribution >= 4 is 11.9 Å². The highest BCUT2D eigenvalue weighted by Gasteiger charge is 2.27. The number of esters is 1. The van der Waals surface area contributed by atoms with Crippen molar-refractivity contribution in [2.45, 2.75) is 25.8 Å². The van der Waals surface area contributed by atoms with Crippen LogP contribution in [-0.4, -0.2) is 76.2 Å². The van der Waals surface area contributed by atoms with Crippen LogP contribution in [0.4, 0.5) is 0 Å². The molecule has 0 aliphatic carbocycles. The first-order chi connectivity index (χ1) is 13.5. The molecule has 1 fully saturated rings. The number of piperidine rings is 1. The largest absolute Gasteiger partial charge is 0.497 e. The maximum absolute atomic E-state index is 11.9. The van der Waals surface area contributed by atoms with E-state index in [1.165, 1.54) is 5.56 Å². The van der Waals surface area contributed by atoms with Crippen LogP contribution < -0.4 is 10.1 Å². The summed E-state index contributed by atoms with van der Waals surface area (Å²) in [6, 6.07) is 8.37. The van der Waals surface area contributed by atoms with Crippen molar-refractivity contribution in [2.24, 2.45) is 10.9 Å². The third-order valence-corrected chi connectivity index (χ3v) is 5.20. The normalized spacial score (nSPS) is 16.8. The predicted molar refractivity (Wildman–Crippen MR) is 112 cm³/mol. The molecular formula is C21H34N4O3. The van der Waals surface area contributed by atoms with Crippen molar-refractivity contribution in [3.8, 4) is 5.75 Å². The Hall–Kier alpha value is -2.28. The zero-order valence-electron chi connectivity index (χ0n) is 17.8. The lowest BCUT2D eigenvalue weighted by Gasteiger charge is -2.34. The molecule has 1 heterocycles. The SMILES string of the molecule is CCOC(=O)C1CCN(C(=NC)NCC(c2ccc(OC)cc2)N(C)C)CC1. The number of likely N-dealkylation sites (N-methyl/N-ethyl adjacent to an activating group) is 1. The van der Waals surface area contributed by atoms with Gasteiger partial charge in [0.05, 0.1) is 25.7 Å². The average Bonchev–Trinajstić information content (AvgIpc) is 2.71. The summed E-state index contributed by atoms with van der Waals surface area (Å²) in [6.07, 6.45) is 1.60. The molecule has 0 saturated carbocycles. The second kappa shape index (κ2) is 10.9. The number of hydrogen-bond acceptors (Lipinski definition) is 5. The van der Waals surface area contributed by atoms with E-state index in [0.29, 0.717) is 6.61 Å². The van der Waals surface area contributed by atoms with E-state index >= 15 is 0 Å². The Morgan fingerprint density at radius 2 is 1.93 bits per heavy atom. The number of hydrogen-bond donors (Lipinski definition) is 1. The highest BCUT2D eigenvalue weighted by atomic mass is 16.5. The van der Waals surface area contributed by atoms with Crippen molar-refractivity contribution in [2.75, 3.05) is 54.5 Å². The van der Waals surface area contributed by atoms with Crippen molar-refractivity contribution < 1.29 is 14.3 Å². The zero-order valence-corrected chi connectivity index (χ0v) is 17.8. The van der Waals surface area contributed by atoms with E-state index in [1.807, 2.05) is 19.1 Å². The van der Waals surface area contributed by atoms with Gasteiger partial charge in [-0.2, -0.15) is 0 Å². The number of ether oxygens (including phenoxy) is 2. The van der Waals surface area contributed by atoms with Crippen molar-refractivity contribution in [1.82, 2.24) is 15.1 Å². The maximum Gasteiger partial charge on any atom is 0.309 e. The van der Waals surface area contributed by atoms with Crippen LogP contribution >= 0.6 is 0 Å². The molecule has 1 aromatic carbocycles. The molecule has 0 radical (unpaired) electrons. The van der Waals surface area contributed by atoms with Crippen LogP contribution in [-0.2, 0) is 9.53 Å². The lowest BCUT2D eigenvalue weighted by Crippen LogP contribution is -2.48.